The van der Waals surface area contributed by atoms with Crippen molar-refractivity contribution < 1.29 is 28.7 Å². The molecule has 326 valence electrons. The van der Waals surface area contributed by atoms with Crippen LogP contribution in [0.4, 0.5) is 11.9 Å². The number of methoxy groups -OCH3 is 1. The summed E-state index contributed by atoms with van der Waals surface area (Å²) in [6.45, 7) is 12.6. The number of primary amides is 2. The third-order valence-electron chi connectivity index (χ3n) is 10.4. The third-order valence-corrected chi connectivity index (χ3v) is 12.5. The van der Waals surface area contributed by atoms with Crippen molar-refractivity contribution in [1.29, 1.82) is 0 Å². The number of ether oxygens (including phenoxy) is 2. The van der Waals surface area contributed by atoms with Crippen LogP contribution in [-0.4, -0.2) is 108 Å². The van der Waals surface area contributed by atoms with E-state index in [1.807, 2.05) is 44.4 Å². The lowest BCUT2D eigenvalue weighted by Gasteiger charge is -2.26. The van der Waals surface area contributed by atoms with Crippen LogP contribution in [0, 0.1) is 13.8 Å². The van der Waals surface area contributed by atoms with E-state index in [9.17, 15) is 19.2 Å². The van der Waals surface area contributed by atoms with E-state index in [1.165, 1.54) is 18.4 Å². The second kappa shape index (κ2) is 19.3. The zero-order chi connectivity index (χ0) is 44.1. The van der Waals surface area contributed by atoms with Crippen molar-refractivity contribution in [3.05, 3.63) is 80.6 Å². The van der Waals surface area contributed by atoms with Crippen LogP contribution in [0.1, 0.15) is 77.5 Å². The molecule has 0 atom stereocenters. The van der Waals surface area contributed by atoms with Crippen molar-refractivity contribution in [3.8, 4) is 5.75 Å². The molecule has 62 heavy (non-hydrogen) atoms. The molecule has 4 aromatic heterocycles. The SMILES string of the molecule is CCc1nc(C)sc1C(=O)Nc1nc2cc(C(N)=O)cc(OC)c2n1C/C=C/Cn1c(NC(=O)c2cc(C)nn2CC)nc2cc(C(N)=O)cc(SCCCN3CCOCC3)c21. The zero-order valence-corrected chi connectivity index (χ0v) is 37.0. The molecule has 18 nitrogen and oxygen atoms in total. The molecule has 0 bridgehead atoms. The molecule has 1 aliphatic heterocycles. The Kier molecular flexibility index (Phi) is 13.7. The Morgan fingerprint density at radius 2 is 1.50 bits per heavy atom. The van der Waals surface area contributed by atoms with Gasteiger partial charge in [-0.3, -0.25) is 39.4 Å². The number of nitrogens with one attached hydrogen (secondary N) is 2. The van der Waals surface area contributed by atoms with Crippen LogP contribution in [0.3, 0.4) is 0 Å². The first-order valence-corrected chi connectivity index (χ1v) is 22.1. The highest BCUT2D eigenvalue weighted by molar-refractivity contribution is 7.99. The number of aromatic nitrogens is 7. The molecule has 0 spiro atoms. The number of nitrogens with zero attached hydrogens (tertiary/aromatic N) is 8. The quantitative estimate of drug-likeness (QED) is 0.0507. The van der Waals surface area contributed by atoms with Crippen molar-refractivity contribution in [3.63, 3.8) is 0 Å². The van der Waals surface area contributed by atoms with Crippen molar-refractivity contribution in [2.24, 2.45) is 11.5 Å². The summed E-state index contributed by atoms with van der Waals surface area (Å²) in [5.41, 5.74) is 15.9. The number of nitrogens with two attached hydrogens (primary N) is 2. The number of morpholine rings is 1. The standard InChI is InChI=1S/C42H50N12O6S2/c1-6-28-36(62-25(4)45-28)40(58)49-42-46-29-20-26(37(43)55)22-32(59-5)34(29)52(42)12-8-9-13-53-35-30(47-41(53)48-39(57)31-19-24(3)50-54(31)7-2)21-27(38(44)56)23-33(35)61-18-10-11-51-14-16-60-17-15-51/h8-9,19-23H,6-7,10-18H2,1-5H3,(H2,43,55)(H2,44,56)(H,46,49,58)(H,47,48,57)/b9-8+. The van der Waals surface area contributed by atoms with Crippen LogP contribution < -0.4 is 26.8 Å². The van der Waals surface area contributed by atoms with Gasteiger partial charge >= 0.3 is 0 Å². The molecule has 1 aliphatic rings. The topological polar surface area (TPSA) is 232 Å². The minimum absolute atomic E-state index is 0.201. The number of imidazole rings is 2. The highest BCUT2D eigenvalue weighted by Crippen LogP contribution is 2.34. The van der Waals surface area contributed by atoms with E-state index >= 15 is 0 Å². The Labute approximate surface area is 366 Å². The van der Waals surface area contributed by atoms with Crippen LogP contribution in [0.5, 0.6) is 5.75 Å². The maximum Gasteiger partial charge on any atom is 0.276 e. The molecule has 5 heterocycles. The number of anilines is 2. The molecular formula is C42H50N12O6S2. The van der Waals surface area contributed by atoms with Crippen molar-refractivity contribution >= 4 is 80.7 Å². The molecule has 0 radical (unpaired) electrons. The second-order valence-corrected chi connectivity index (χ2v) is 16.9. The average molecular weight is 883 g/mol. The number of carbonyl (C=O) groups excluding carboxylic acids is 4. The fraction of sp³-hybridized carbons (Fsp3) is 0.381. The summed E-state index contributed by atoms with van der Waals surface area (Å²) in [7, 11) is 1.48. The summed E-state index contributed by atoms with van der Waals surface area (Å²) in [6.07, 6.45) is 5.28. The Balaban J connectivity index is 1.25. The van der Waals surface area contributed by atoms with E-state index in [1.54, 1.807) is 51.3 Å². The first kappa shape index (κ1) is 44.0. The average Bonchev–Trinajstić information content (AvgIpc) is 4.03. The third kappa shape index (κ3) is 9.52. The number of aryl methyl sites for hydroxylation is 4. The zero-order valence-electron chi connectivity index (χ0n) is 35.3. The molecule has 6 aromatic rings. The van der Waals surface area contributed by atoms with Gasteiger partial charge in [0.25, 0.3) is 11.8 Å². The van der Waals surface area contributed by atoms with E-state index in [2.05, 4.69) is 25.6 Å². The number of fused-ring (bicyclic) bond motifs is 2. The number of hydrogen-bond donors (Lipinski definition) is 4. The normalized spacial score (nSPS) is 13.4. The van der Waals surface area contributed by atoms with Gasteiger partial charge in [-0.25, -0.2) is 15.0 Å². The molecule has 1 fully saturated rings. The van der Waals surface area contributed by atoms with Crippen molar-refractivity contribution in [2.75, 3.05) is 56.3 Å². The van der Waals surface area contributed by atoms with Gasteiger partial charge in [0.1, 0.15) is 21.8 Å². The van der Waals surface area contributed by atoms with Gasteiger partial charge in [-0.2, -0.15) is 5.10 Å². The molecule has 0 saturated carbocycles. The number of thiazole rings is 1. The van der Waals surface area contributed by atoms with E-state index in [0.717, 1.165) is 60.4 Å². The predicted molar refractivity (Wildman–Crippen MR) is 240 cm³/mol. The molecule has 0 aliphatic carbocycles. The lowest BCUT2D eigenvalue weighted by atomic mass is 10.1. The van der Waals surface area contributed by atoms with Crippen LogP contribution >= 0.6 is 23.1 Å². The van der Waals surface area contributed by atoms with Crippen LogP contribution in [0.25, 0.3) is 22.1 Å². The van der Waals surface area contributed by atoms with Crippen LogP contribution in [-0.2, 0) is 30.8 Å². The van der Waals surface area contributed by atoms with Gasteiger partial charge < -0.3 is 30.1 Å². The summed E-state index contributed by atoms with van der Waals surface area (Å²) in [4.78, 5) is 70.1. The molecule has 7 rings (SSSR count). The largest absolute Gasteiger partial charge is 0.494 e. The lowest BCUT2D eigenvalue weighted by molar-refractivity contribution is 0.0381. The summed E-state index contributed by atoms with van der Waals surface area (Å²) >= 11 is 2.90. The van der Waals surface area contributed by atoms with E-state index in [0.29, 0.717) is 62.8 Å². The Bertz CT molecular complexity index is 2690. The van der Waals surface area contributed by atoms with Gasteiger partial charge in [0.2, 0.25) is 23.7 Å². The second-order valence-electron chi connectivity index (χ2n) is 14.6. The van der Waals surface area contributed by atoms with Gasteiger partial charge in [0.15, 0.2) is 0 Å². The number of hydrogen-bond acceptors (Lipinski definition) is 13. The smallest absolute Gasteiger partial charge is 0.276 e. The van der Waals surface area contributed by atoms with Gasteiger partial charge in [-0.1, -0.05) is 19.1 Å². The summed E-state index contributed by atoms with van der Waals surface area (Å²) < 4.78 is 16.5. The van der Waals surface area contributed by atoms with E-state index < -0.39 is 17.7 Å². The van der Waals surface area contributed by atoms with Gasteiger partial charge in [0, 0.05) is 48.7 Å². The van der Waals surface area contributed by atoms with Gasteiger partial charge in [0.05, 0.1) is 53.3 Å². The Morgan fingerprint density at radius 3 is 2.13 bits per heavy atom. The first-order chi connectivity index (χ1) is 29.9. The fourth-order valence-electron chi connectivity index (χ4n) is 7.39. The van der Waals surface area contributed by atoms with Crippen LogP contribution in [0.15, 0.2) is 47.4 Å². The Hall–Kier alpha value is -6.09. The van der Waals surface area contributed by atoms with E-state index in [4.69, 9.17) is 30.9 Å². The van der Waals surface area contributed by atoms with Crippen LogP contribution in [0.2, 0.25) is 0 Å². The molecular weight excluding hydrogens is 833 g/mol. The highest BCUT2D eigenvalue weighted by Gasteiger charge is 2.24. The number of rotatable bonds is 18. The lowest BCUT2D eigenvalue weighted by Crippen LogP contribution is -2.36. The Morgan fingerprint density at radius 1 is 0.871 bits per heavy atom. The number of allylic oxidation sites excluding steroid dienone is 2. The number of amides is 4. The fourth-order valence-corrected chi connectivity index (χ4v) is 9.35. The minimum atomic E-state index is -0.653. The summed E-state index contributed by atoms with van der Waals surface area (Å²) in [5, 5.41) is 11.2. The van der Waals surface area contributed by atoms with Crippen molar-refractivity contribution in [2.45, 2.75) is 65.1 Å². The molecule has 4 amide bonds. The van der Waals surface area contributed by atoms with Crippen molar-refractivity contribution in [1.82, 2.24) is 38.8 Å². The minimum Gasteiger partial charge on any atom is -0.494 e. The molecule has 6 N–H and O–H groups in total. The number of thioether (sulfide) groups is 1. The maximum absolute atomic E-state index is 13.8. The molecule has 2 aromatic carbocycles. The molecule has 20 heteroatoms. The summed E-state index contributed by atoms with van der Waals surface area (Å²) in [6, 6.07) is 8.24. The monoisotopic (exact) mass is 882 g/mol. The van der Waals surface area contributed by atoms with Gasteiger partial charge in [-0.05, 0) is 76.2 Å². The molecule has 1 saturated heterocycles. The van der Waals surface area contributed by atoms with E-state index in [-0.39, 0.29) is 36.5 Å². The highest BCUT2D eigenvalue weighted by atomic mass is 32.2. The number of carbonyl (C=O) groups is 4. The maximum atomic E-state index is 13.8. The predicted octanol–water partition coefficient (Wildman–Crippen LogP) is 5.02. The number of benzene rings is 2. The molecule has 0 unspecified atom stereocenters. The van der Waals surface area contributed by atoms with Gasteiger partial charge in [-0.15, -0.1) is 23.1 Å². The summed E-state index contributed by atoms with van der Waals surface area (Å²) in [5.74, 6) is -0.407. The first-order valence-electron chi connectivity index (χ1n) is 20.3.